The summed E-state index contributed by atoms with van der Waals surface area (Å²) in [6.45, 7) is -0.0264. The summed E-state index contributed by atoms with van der Waals surface area (Å²) in [5, 5.41) is 18.2. The predicted octanol–water partition coefficient (Wildman–Crippen LogP) is 4.10. The van der Waals surface area contributed by atoms with E-state index in [4.69, 9.17) is 9.47 Å². The molecular weight excluding hydrogens is 540 g/mol. The Balaban J connectivity index is 1.28. The third-order valence-electron chi connectivity index (χ3n) is 6.98. The molecule has 42 heavy (non-hydrogen) atoms. The molecule has 0 spiro atoms. The van der Waals surface area contributed by atoms with E-state index in [1.54, 1.807) is 24.3 Å². The first kappa shape index (κ1) is 28.1. The van der Waals surface area contributed by atoms with Gasteiger partial charge in [-0.3, -0.25) is 14.3 Å². The first-order valence-electron chi connectivity index (χ1n) is 13.2. The van der Waals surface area contributed by atoms with E-state index in [1.807, 2.05) is 54.6 Å². The molecule has 0 fully saturated rings. The number of hydrogen-bond acceptors (Lipinski definition) is 7. The van der Waals surface area contributed by atoms with Gasteiger partial charge in [-0.25, -0.2) is 9.59 Å². The van der Waals surface area contributed by atoms with E-state index in [-0.39, 0.29) is 30.5 Å². The molecule has 0 saturated heterocycles. The number of ether oxygens (including phenoxy) is 2. The Bertz CT molecular complexity index is 1590. The van der Waals surface area contributed by atoms with Gasteiger partial charge >= 0.3 is 18.0 Å². The fraction of sp³-hybridized carbons (Fsp3) is 0.194. The normalized spacial score (nSPS) is 12.5. The largest absolute Gasteiger partial charge is 0.477 e. The molecule has 1 aliphatic carbocycles. The third-order valence-corrected chi connectivity index (χ3v) is 6.98. The van der Waals surface area contributed by atoms with Crippen LogP contribution in [0, 0.1) is 0 Å². The van der Waals surface area contributed by atoms with Gasteiger partial charge in [0.1, 0.15) is 30.6 Å². The lowest BCUT2D eigenvalue weighted by Crippen LogP contribution is -2.46. The minimum Gasteiger partial charge on any atom is -0.477 e. The summed E-state index contributed by atoms with van der Waals surface area (Å²) in [6.07, 6.45) is -0.361. The number of aryl methyl sites for hydroxylation is 1. The van der Waals surface area contributed by atoms with Crippen LogP contribution < -0.4 is 10.6 Å². The Morgan fingerprint density at radius 2 is 1.52 bits per heavy atom. The monoisotopic (exact) mass is 568 g/mol. The maximum Gasteiger partial charge on any atom is 0.407 e. The predicted molar refractivity (Wildman–Crippen MR) is 152 cm³/mol. The van der Waals surface area contributed by atoms with Gasteiger partial charge in [0, 0.05) is 13.0 Å². The van der Waals surface area contributed by atoms with Crippen molar-refractivity contribution in [1.29, 1.82) is 0 Å². The molecule has 3 aromatic carbocycles. The van der Waals surface area contributed by atoms with E-state index in [0.717, 1.165) is 34.0 Å². The molecule has 1 aromatic heterocycles. The molecule has 0 bridgehead atoms. The number of carbonyl (C=O) groups is 4. The molecule has 0 unspecified atom stereocenters. The van der Waals surface area contributed by atoms with Crippen molar-refractivity contribution in [2.24, 2.45) is 7.05 Å². The van der Waals surface area contributed by atoms with Crippen LogP contribution in [-0.2, 0) is 32.7 Å². The second-order valence-corrected chi connectivity index (χ2v) is 9.70. The number of fused-ring (bicyclic) bond motifs is 3. The van der Waals surface area contributed by atoms with Crippen molar-refractivity contribution in [1.82, 2.24) is 15.1 Å². The van der Waals surface area contributed by atoms with Crippen molar-refractivity contribution in [2.75, 3.05) is 11.9 Å². The molecule has 1 atom stereocenters. The molecule has 4 aromatic rings. The number of carboxylic acid groups (broad SMARTS) is 1. The van der Waals surface area contributed by atoms with Crippen LogP contribution in [-0.4, -0.2) is 51.5 Å². The lowest BCUT2D eigenvalue weighted by Gasteiger charge is -2.19. The van der Waals surface area contributed by atoms with E-state index >= 15 is 0 Å². The minimum absolute atomic E-state index is 0.00243. The van der Waals surface area contributed by atoms with E-state index in [1.165, 1.54) is 11.7 Å². The van der Waals surface area contributed by atoms with Crippen molar-refractivity contribution in [3.8, 4) is 11.1 Å². The quantitative estimate of drug-likeness (QED) is 0.242. The summed E-state index contributed by atoms with van der Waals surface area (Å²) >= 11 is 0. The zero-order valence-corrected chi connectivity index (χ0v) is 22.7. The Hall–Kier alpha value is -5.45. The van der Waals surface area contributed by atoms with Crippen LogP contribution in [0.5, 0.6) is 0 Å². The fourth-order valence-electron chi connectivity index (χ4n) is 4.90. The number of carbonyl (C=O) groups excluding carboxylic acids is 3. The summed E-state index contributed by atoms with van der Waals surface area (Å²) in [6, 6.07) is 23.3. The van der Waals surface area contributed by atoms with E-state index in [2.05, 4.69) is 15.7 Å². The summed E-state index contributed by atoms with van der Waals surface area (Å²) in [7, 11) is 1.45. The second-order valence-electron chi connectivity index (χ2n) is 9.70. The molecule has 214 valence electrons. The number of aromatic nitrogens is 2. The molecular formula is C31H28N4O7. The number of alkyl carbamates (subject to hydrolysis) is 1. The molecule has 11 nitrogen and oxygen atoms in total. The molecule has 11 heteroatoms. The zero-order valence-electron chi connectivity index (χ0n) is 22.7. The summed E-state index contributed by atoms with van der Waals surface area (Å²) in [4.78, 5) is 50.5. The first-order valence-corrected chi connectivity index (χ1v) is 13.2. The Morgan fingerprint density at radius 1 is 0.905 bits per heavy atom. The van der Waals surface area contributed by atoms with Crippen LogP contribution in [0.3, 0.4) is 0 Å². The number of amides is 2. The number of carboxylic acids is 1. The maximum atomic E-state index is 13.2. The molecule has 0 saturated carbocycles. The number of aromatic carboxylic acids is 1. The van der Waals surface area contributed by atoms with Crippen LogP contribution in [0.25, 0.3) is 11.1 Å². The van der Waals surface area contributed by atoms with Crippen LogP contribution in [0.15, 0.2) is 85.1 Å². The van der Waals surface area contributed by atoms with Crippen LogP contribution in [0.1, 0.15) is 39.4 Å². The topological polar surface area (TPSA) is 149 Å². The van der Waals surface area contributed by atoms with Gasteiger partial charge < -0.3 is 25.2 Å². The highest BCUT2D eigenvalue weighted by atomic mass is 16.5. The van der Waals surface area contributed by atoms with Crippen LogP contribution in [0.2, 0.25) is 0 Å². The van der Waals surface area contributed by atoms with Crippen molar-refractivity contribution in [3.05, 3.63) is 107 Å². The molecule has 1 aliphatic rings. The minimum atomic E-state index is -1.43. The lowest BCUT2D eigenvalue weighted by molar-refractivity contribution is -0.146. The second kappa shape index (κ2) is 12.4. The highest BCUT2D eigenvalue weighted by Crippen LogP contribution is 2.44. The highest BCUT2D eigenvalue weighted by Gasteiger charge is 2.31. The number of esters is 1. The van der Waals surface area contributed by atoms with Crippen molar-refractivity contribution in [3.63, 3.8) is 0 Å². The van der Waals surface area contributed by atoms with E-state index in [0.29, 0.717) is 0 Å². The summed E-state index contributed by atoms with van der Waals surface area (Å²) in [5.41, 5.74) is 4.65. The van der Waals surface area contributed by atoms with Crippen molar-refractivity contribution >= 4 is 29.8 Å². The highest BCUT2D eigenvalue weighted by molar-refractivity contribution is 6.02. The van der Waals surface area contributed by atoms with E-state index < -0.39 is 36.4 Å². The number of benzene rings is 3. The Kier molecular flexibility index (Phi) is 8.28. The van der Waals surface area contributed by atoms with Gasteiger partial charge in [0.15, 0.2) is 0 Å². The number of rotatable bonds is 10. The molecule has 5 rings (SSSR count). The molecule has 3 N–H and O–H groups in total. The molecule has 2 amide bonds. The number of anilines is 1. The van der Waals surface area contributed by atoms with Crippen molar-refractivity contribution < 1.29 is 33.8 Å². The van der Waals surface area contributed by atoms with Crippen LogP contribution >= 0.6 is 0 Å². The maximum absolute atomic E-state index is 13.2. The lowest BCUT2D eigenvalue weighted by atomic mass is 9.98. The van der Waals surface area contributed by atoms with Gasteiger partial charge in [-0.2, -0.15) is 5.10 Å². The van der Waals surface area contributed by atoms with Gasteiger partial charge in [0.05, 0.1) is 12.6 Å². The number of nitrogens with one attached hydrogen (secondary N) is 2. The Morgan fingerprint density at radius 3 is 2.17 bits per heavy atom. The van der Waals surface area contributed by atoms with Gasteiger partial charge in [0.25, 0.3) is 0 Å². The third kappa shape index (κ3) is 6.15. The average Bonchev–Trinajstić information content (AvgIpc) is 3.52. The zero-order chi connectivity index (χ0) is 29.6. The SMILES string of the molecule is Cn1ncc(C(=O)O)c1NC(=O)[C@H](CC(=O)OCc1ccccc1)NC(=O)OCC1c2ccccc2-c2ccccc21. The first-order chi connectivity index (χ1) is 20.3. The standard InChI is InChI=1S/C31H28N4O7/c1-35-28(24(16-32-35)30(38)39)34-29(37)26(15-27(36)41-17-19-9-3-2-4-10-19)33-31(40)42-18-25-22-13-7-5-11-20(22)21-12-6-8-14-23(21)25/h2-14,16,25-26H,15,17-18H2,1H3,(H,33,40)(H,34,37)(H,38,39)/t26-/m0/s1. The fourth-order valence-corrected chi connectivity index (χ4v) is 4.90. The molecule has 1 heterocycles. The van der Waals surface area contributed by atoms with Gasteiger partial charge in [-0.05, 0) is 27.8 Å². The van der Waals surface area contributed by atoms with Gasteiger partial charge in [0.2, 0.25) is 5.91 Å². The average molecular weight is 569 g/mol. The van der Waals surface area contributed by atoms with Crippen molar-refractivity contribution in [2.45, 2.75) is 25.0 Å². The summed E-state index contributed by atoms with van der Waals surface area (Å²) < 4.78 is 12.0. The van der Waals surface area contributed by atoms with E-state index in [9.17, 15) is 24.3 Å². The summed E-state index contributed by atoms with van der Waals surface area (Å²) in [5.74, 6) is -3.21. The Labute approximate surface area is 241 Å². The number of hydrogen-bond donors (Lipinski definition) is 3. The van der Waals surface area contributed by atoms with Gasteiger partial charge in [-0.15, -0.1) is 0 Å². The van der Waals surface area contributed by atoms with Crippen LogP contribution in [0.4, 0.5) is 10.6 Å². The molecule has 0 radical (unpaired) electrons. The smallest absolute Gasteiger partial charge is 0.407 e. The number of nitrogens with zero attached hydrogens (tertiary/aromatic N) is 2. The molecule has 0 aliphatic heterocycles. The van der Waals surface area contributed by atoms with Gasteiger partial charge in [-0.1, -0.05) is 78.9 Å².